The van der Waals surface area contributed by atoms with Crippen LogP contribution in [0.1, 0.15) is 29.7 Å². The second-order valence-electron chi connectivity index (χ2n) is 7.67. The van der Waals surface area contributed by atoms with Crippen LogP contribution in [0.25, 0.3) is 6.08 Å². The second-order valence-corrected chi connectivity index (χ2v) is 8.08. The molecule has 3 aromatic rings. The molecule has 172 valence electrons. The van der Waals surface area contributed by atoms with Gasteiger partial charge >= 0.3 is 0 Å². The number of rotatable bonds is 8. The number of benzene rings is 3. The number of nitrogens with zero attached hydrogens (tertiary/aromatic N) is 1. The number of halogens is 1. The van der Waals surface area contributed by atoms with Gasteiger partial charge in [-0.15, -0.1) is 0 Å². The van der Waals surface area contributed by atoms with E-state index >= 15 is 0 Å². The molecule has 0 unspecified atom stereocenters. The number of hydrogen-bond donors (Lipinski definition) is 2. The number of anilines is 1. The molecular weight excluding hydrogens is 450 g/mol. The highest BCUT2D eigenvalue weighted by molar-refractivity contribution is 6.32. The first-order valence-electron chi connectivity index (χ1n) is 10.6. The molecule has 0 aliphatic heterocycles. The van der Waals surface area contributed by atoms with Crippen molar-refractivity contribution in [2.24, 2.45) is 0 Å². The molecule has 2 N–H and O–H groups in total. The quantitative estimate of drug-likeness (QED) is 0.336. The third-order valence-electron chi connectivity index (χ3n) is 4.97. The molecule has 7 heteroatoms. The molecule has 0 bridgehead atoms. The average Bonchev–Trinajstić information content (AvgIpc) is 2.83. The van der Waals surface area contributed by atoms with E-state index in [0.717, 1.165) is 11.1 Å². The van der Waals surface area contributed by atoms with E-state index in [-0.39, 0.29) is 29.2 Å². The predicted octanol–water partition coefficient (Wildman–Crippen LogP) is 5.45. The van der Waals surface area contributed by atoms with Crippen molar-refractivity contribution in [2.75, 3.05) is 11.9 Å². The van der Waals surface area contributed by atoms with Gasteiger partial charge in [-0.1, -0.05) is 65.7 Å². The van der Waals surface area contributed by atoms with Gasteiger partial charge < -0.3 is 15.4 Å². The van der Waals surface area contributed by atoms with Crippen molar-refractivity contribution >= 4 is 35.2 Å². The zero-order valence-corrected chi connectivity index (χ0v) is 19.6. The van der Waals surface area contributed by atoms with Gasteiger partial charge in [0.05, 0.1) is 11.1 Å². The Morgan fingerprint density at radius 1 is 1.09 bits per heavy atom. The summed E-state index contributed by atoms with van der Waals surface area (Å²) in [7, 11) is 0. The smallest absolute Gasteiger partial charge is 0.262 e. The highest BCUT2D eigenvalue weighted by atomic mass is 35.5. The maximum absolute atomic E-state index is 12.6. The predicted molar refractivity (Wildman–Crippen MR) is 133 cm³/mol. The SMILES string of the molecule is Cc1ccc(NC(=O)COc2ccc(/C=C(/C#N)C(=O)N[C@H](C)c3ccccc3)cc2Cl)cc1. The summed E-state index contributed by atoms with van der Waals surface area (Å²) < 4.78 is 5.52. The lowest BCUT2D eigenvalue weighted by Gasteiger charge is -2.14. The minimum Gasteiger partial charge on any atom is -0.482 e. The van der Waals surface area contributed by atoms with E-state index < -0.39 is 5.91 Å². The third-order valence-corrected chi connectivity index (χ3v) is 5.27. The number of hydrogen-bond acceptors (Lipinski definition) is 4. The minimum atomic E-state index is -0.483. The Hall–Kier alpha value is -4.08. The van der Waals surface area contributed by atoms with Gasteiger partial charge in [0.1, 0.15) is 17.4 Å². The van der Waals surface area contributed by atoms with Gasteiger partial charge in [0, 0.05) is 5.69 Å². The summed E-state index contributed by atoms with van der Waals surface area (Å²) in [5.74, 6) is -0.485. The van der Waals surface area contributed by atoms with E-state index in [1.807, 2.05) is 74.5 Å². The van der Waals surface area contributed by atoms with E-state index in [9.17, 15) is 14.9 Å². The molecule has 0 aromatic heterocycles. The lowest BCUT2D eigenvalue weighted by atomic mass is 10.1. The van der Waals surface area contributed by atoms with Crippen molar-refractivity contribution in [1.82, 2.24) is 5.32 Å². The first-order chi connectivity index (χ1) is 16.4. The molecule has 0 fully saturated rings. The molecule has 0 spiro atoms. The molecule has 0 heterocycles. The summed E-state index contributed by atoms with van der Waals surface area (Å²) in [6.45, 7) is 3.60. The minimum absolute atomic E-state index is 0.0509. The van der Waals surface area contributed by atoms with Gasteiger partial charge in [-0.05, 0) is 55.3 Å². The van der Waals surface area contributed by atoms with E-state index in [0.29, 0.717) is 17.0 Å². The first kappa shape index (κ1) is 24.6. The van der Waals surface area contributed by atoms with Crippen LogP contribution in [0.3, 0.4) is 0 Å². The maximum Gasteiger partial charge on any atom is 0.262 e. The van der Waals surface area contributed by atoms with Crippen LogP contribution in [0.4, 0.5) is 5.69 Å². The van der Waals surface area contributed by atoms with Crippen LogP contribution in [0.15, 0.2) is 78.4 Å². The lowest BCUT2D eigenvalue weighted by Crippen LogP contribution is -2.27. The molecule has 0 aliphatic rings. The number of carbonyl (C=O) groups is 2. The number of aryl methyl sites for hydroxylation is 1. The standard InChI is InChI=1S/C27H24ClN3O3/c1-18-8-11-23(12-9-18)31-26(32)17-34-25-13-10-20(15-24(25)28)14-22(16-29)27(33)30-19(2)21-6-4-3-5-7-21/h3-15,19H,17H2,1-2H3,(H,30,33)(H,31,32)/b22-14-/t19-/m1/s1. The van der Waals surface area contributed by atoms with Crippen LogP contribution < -0.4 is 15.4 Å². The number of nitriles is 1. The largest absolute Gasteiger partial charge is 0.482 e. The van der Waals surface area contributed by atoms with Gasteiger partial charge in [0.15, 0.2) is 6.61 Å². The molecule has 6 nitrogen and oxygen atoms in total. The fourth-order valence-electron chi connectivity index (χ4n) is 3.12. The Labute approximate surface area is 203 Å². The Bertz CT molecular complexity index is 1230. The molecule has 0 saturated heterocycles. The number of amides is 2. The van der Waals surface area contributed by atoms with Gasteiger partial charge in [0.25, 0.3) is 11.8 Å². The maximum atomic E-state index is 12.6. The Morgan fingerprint density at radius 3 is 2.44 bits per heavy atom. The van der Waals surface area contributed by atoms with Crippen molar-refractivity contribution < 1.29 is 14.3 Å². The topological polar surface area (TPSA) is 91.2 Å². The Morgan fingerprint density at radius 2 is 1.79 bits per heavy atom. The monoisotopic (exact) mass is 473 g/mol. The summed E-state index contributed by atoms with van der Waals surface area (Å²) in [5.41, 5.74) is 3.21. The summed E-state index contributed by atoms with van der Waals surface area (Å²) in [5, 5.41) is 15.3. The summed E-state index contributed by atoms with van der Waals surface area (Å²) in [6.07, 6.45) is 1.45. The molecule has 0 saturated carbocycles. The Kier molecular flexibility index (Phi) is 8.44. The molecule has 34 heavy (non-hydrogen) atoms. The van der Waals surface area contributed by atoms with Crippen molar-refractivity contribution in [3.8, 4) is 11.8 Å². The number of ether oxygens (including phenoxy) is 1. The second kappa shape index (κ2) is 11.7. The van der Waals surface area contributed by atoms with Crippen molar-refractivity contribution in [3.05, 3.63) is 100 Å². The summed E-state index contributed by atoms with van der Waals surface area (Å²) in [6, 6.07) is 23.4. The van der Waals surface area contributed by atoms with Crippen molar-refractivity contribution in [1.29, 1.82) is 5.26 Å². The van der Waals surface area contributed by atoms with Crippen molar-refractivity contribution in [3.63, 3.8) is 0 Å². The van der Waals surface area contributed by atoms with E-state index in [1.165, 1.54) is 6.08 Å². The van der Waals surface area contributed by atoms with E-state index in [1.54, 1.807) is 18.2 Å². The lowest BCUT2D eigenvalue weighted by molar-refractivity contribution is -0.118. The third kappa shape index (κ3) is 6.96. The fraction of sp³-hybridized carbons (Fsp3) is 0.148. The fourth-order valence-corrected chi connectivity index (χ4v) is 3.36. The summed E-state index contributed by atoms with van der Waals surface area (Å²) in [4.78, 5) is 24.7. The summed E-state index contributed by atoms with van der Waals surface area (Å²) >= 11 is 6.29. The van der Waals surface area contributed by atoms with Gasteiger partial charge in [0.2, 0.25) is 0 Å². The van der Waals surface area contributed by atoms with E-state index in [2.05, 4.69) is 10.6 Å². The van der Waals surface area contributed by atoms with Gasteiger partial charge in [-0.25, -0.2) is 0 Å². The zero-order chi connectivity index (χ0) is 24.5. The first-order valence-corrected chi connectivity index (χ1v) is 11.0. The number of carbonyl (C=O) groups excluding carboxylic acids is 2. The van der Waals surface area contributed by atoms with Crippen LogP contribution in [-0.2, 0) is 9.59 Å². The molecular formula is C27H24ClN3O3. The molecule has 2 amide bonds. The normalized spacial score (nSPS) is 11.8. The van der Waals surface area contributed by atoms with Crippen LogP contribution in [-0.4, -0.2) is 18.4 Å². The average molecular weight is 474 g/mol. The molecule has 0 aliphatic carbocycles. The molecule has 3 aromatic carbocycles. The number of nitrogens with one attached hydrogen (secondary N) is 2. The van der Waals surface area contributed by atoms with Gasteiger partial charge in [-0.3, -0.25) is 9.59 Å². The molecule has 0 radical (unpaired) electrons. The van der Waals surface area contributed by atoms with Crippen molar-refractivity contribution in [2.45, 2.75) is 19.9 Å². The highest BCUT2D eigenvalue weighted by Gasteiger charge is 2.14. The molecule has 1 atom stereocenters. The van der Waals surface area contributed by atoms with Crippen LogP contribution >= 0.6 is 11.6 Å². The van der Waals surface area contributed by atoms with Crippen LogP contribution in [0, 0.1) is 18.3 Å². The van der Waals surface area contributed by atoms with E-state index in [4.69, 9.17) is 16.3 Å². The van der Waals surface area contributed by atoms with Crippen LogP contribution in [0.5, 0.6) is 5.75 Å². The Balaban J connectivity index is 1.61. The molecule has 3 rings (SSSR count). The van der Waals surface area contributed by atoms with Crippen LogP contribution in [0.2, 0.25) is 5.02 Å². The highest BCUT2D eigenvalue weighted by Crippen LogP contribution is 2.26. The van der Waals surface area contributed by atoms with Gasteiger partial charge in [-0.2, -0.15) is 5.26 Å². The zero-order valence-electron chi connectivity index (χ0n) is 18.8.